The van der Waals surface area contributed by atoms with Crippen LogP contribution < -0.4 is 11.5 Å². The number of thioether (sulfide) groups is 2. The molecule has 1 aromatic rings. The van der Waals surface area contributed by atoms with Gasteiger partial charge < -0.3 is 11.5 Å². The van der Waals surface area contributed by atoms with E-state index in [9.17, 15) is 0 Å². The Morgan fingerprint density at radius 2 is 2.17 bits per heavy atom. The maximum absolute atomic E-state index is 5.48. The Hall–Kier alpha value is -0.620. The molecular weight excluding hydrogens is 192 g/mol. The monoisotopic (exact) mass is 202 g/mol. The van der Waals surface area contributed by atoms with E-state index in [0.29, 0.717) is 5.82 Å². The number of nitrogens with zero attached hydrogens (tertiary/aromatic N) is 2. The van der Waals surface area contributed by atoms with E-state index in [1.807, 2.05) is 6.26 Å². The minimum atomic E-state index is 0.235. The molecule has 4 N–H and O–H groups in total. The fraction of sp³-hybridized carbons (Fsp3) is 0.333. The van der Waals surface area contributed by atoms with Gasteiger partial charge in [-0.3, -0.25) is 0 Å². The van der Waals surface area contributed by atoms with Crippen molar-refractivity contribution in [2.75, 3.05) is 22.8 Å². The van der Waals surface area contributed by atoms with Gasteiger partial charge in [0.1, 0.15) is 10.8 Å². The van der Waals surface area contributed by atoms with Crippen molar-refractivity contribution in [1.29, 1.82) is 0 Å². The number of hydrogen-bond donors (Lipinski definition) is 2. The molecule has 0 spiro atoms. The number of anilines is 2. The minimum Gasteiger partial charge on any atom is -0.383 e. The van der Waals surface area contributed by atoms with Crippen LogP contribution in [0.25, 0.3) is 0 Å². The van der Waals surface area contributed by atoms with E-state index in [1.54, 1.807) is 29.6 Å². The maximum Gasteiger partial charge on any atom is 0.223 e. The Kier molecular flexibility index (Phi) is 3.48. The Labute approximate surface area is 79.5 Å². The van der Waals surface area contributed by atoms with Crippen LogP contribution in [0.5, 0.6) is 0 Å². The van der Waals surface area contributed by atoms with Crippen molar-refractivity contribution < 1.29 is 0 Å². The molecule has 0 aliphatic rings. The first kappa shape index (κ1) is 9.47. The lowest BCUT2D eigenvalue weighted by Crippen LogP contribution is -1.99. The fourth-order valence-electron chi connectivity index (χ4n) is 0.654. The number of aromatic nitrogens is 2. The molecule has 1 heterocycles. The highest BCUT2D eigenvalue weighted by Crippen LogP contribution is 2.20. The molecule has 6 heteroatoms. The largest absolute Gasteiger partial charge is 0.383 e. The molecule has 0 aromatic carbocycles. The highest BCUT2D eigenvalue weighted by atomic mass is 32.2. The third kappa shape index (κ3) is 2.78. The summed E-state index contributed by atoms with van der Waals surface area (Å²) in [6.07, 6.45) is 2.03. The van der Waals surface area contributed by atoms with Crippen LogP contribution in [0.1, 0.15) is 0 Å². The SMILES string of the molecule is CSCSc1cc(N)nc(N)n1. The summed E-state index contributed by atoms with van der Waals surface area (Å²) in [6.45, 7) is 0. The molecule has 12 heavy (non-hydrogen) atoms. The van der Waals surface area contributed by atoms with Gasteiger partial charge >= 0.3 is 0 Å². The van der Waals surface area contributed by atoms with Crippen LogP contribution >= 0.6 is 23.5 Å². The topological polar surface area (TPSA) is 77.8 Å². The number of nitrogen functional groups attached to an aromatic ring is 2. The van der Waals surface area contributed by atoms with Crippen molar-refractivity contribution in [3.63, 3.8) is 0 Å². The summed E-state index contributed by atoms with van der Waals surface area (Å²) >= 11 is 3.33. The van der Waals surface area contributed by atoms with E-state index >= 15 is 0 Å². The van der Waals surface area contributed by atoms with Crippen LogP contribution in [-0.4, -0.2) is 21.3 Å². The standard InChI is InChI=1S/C6H10N4S2/c1-11-3-12-5-2-4(7)9-6(8)10-5/h2H,3H2,1H3,(H4,7,8,9,10). The minimum absolute atomic E-state index is 0.235. The summed E-state index contributed by atoms with van der Waals surface area (Å²) in [6, 6.07) is 1.72. The number of nitrogens with two attached hydrogens (primary N) is 2. The molecule has 0 radical (unpaired) electrons. The van der Waals surface area contributed by atoms with Crippen molar-refractivity contribution in [3.05, 3.63) is 6.07 Å². The smallest absolute Gasteiger partial charge is 0.223 e. The first-order chi connectivity index (χ1) is 5.72. The summed E-state index contributed by atoms with van der Waals surface area (Å²) in [4.78, 5) is 7.77. The summed E-state index contributed by atoms with van der Waals surface area (Å²) in [5.41, 5.74) is 10.9. The second kappa shape index (κ2) is 4.42. The summed E-state index contributed by atoms with van der Waals surface area (Å²) in [5, 5.41) is 1.77. The van der Waals surface area contributed by atoms with Crippen LogP contribution in [0.2, 0.25) is 0 Å². The van der Waals surface area contributed by atoms with Gasteiger partial charge in [0.15, 0.2) is 0 Å². The molecule has 0 bridgehead atoms. The predicted molar refractivity (Wildman–Crippen MR) is 55.1 cm³/mol. The third-order valence-corrected chi connectivity index (χ3v) is 2.98. The molecule has 1 aromatic heterocycles. The molecule has 0 aliphatic heterocycles. The first-order valence-electron chi connectivity index (χ1n) is 3.24. The molecule has 0 unspecified atom stereocenters. The van der Waals surface area contributed by atoms with E-state index in [2.05, 4.69) is 9.97 Å². The van der Waals surface area contributed by atoms with E-state index in [1.165, 1.54) is 0 Å². The molecule has 0 saturated carbocycles. The Morgan fingerprint density at radius 1 is 1.42 bits per heavy atom. The number of rotatable bonds is 3. The Morgan fingerprint density at radius 3 is 2.75 bits per heavy atom. The lowest BCUT2D eigenvalue weighted by atomic mass is 10.6. The molecule has 0 fully saturated rings. The highest BCUT2D eigenvalue weighted by molar-refractivity contribution is 8.15. The molecule has 0 atom stereocenters. The van der Waals surface area contributed by atoms with Crippen molar-refractivity contribution in [2.24, 2.45) is 0 Å². The first-order valence-corrected chi connectivity index (χ1v) is 5.62. The highest BCUT2D eigenvalue weighted by Gasteiger charge is 1.99. The lowest BCUT2D eigenvalue weighted by Gasteiger charge is -2.00. The van der Waals surface area contributed by atoms with Crippen molar-refractivity contribution in [1.82, 2.24) is 9.97 Å². The van der Waals surface area contributed by atoms with Crippen LogP contribution in [0.3, 0.4) is 0 Å². The normalized spacial score (nSPS) is 10.1. The quantitative estimate of drug-likeness (QED) is 0.433. The third-order valence-electron chi connectivity index (χ3n) is 1.06. The van der Waals surface area contributed by atoms with Gasteiger partial charge in [-0.25, -0.2) is 4.98 Å². The van der Waals surface area contributed by atoms with E-state index in [4.69, 9.17) is 11.5 Å². The molecule has 4 nitrogen and oxygen atoms in total. The van der Waals surface area contributed by atoms with Gasteiger partial charge in [-0.05, 0) is 6.26 Å². The zero-order chi connectivity index (χ0) is 8.97. The zero-order valence-corrected chi connectivity index (χ0v) is 8.28. The second-order valence-electron chi connectivity index (χ2n) is 2.04. The van der Waals surface area contributed by atoms with Gasteiger partial charge in [-0.2, -0.15) is 16.7 Å². The van der Waals surface area contributed by atoms with Gasteiger partial charge in [-0.1, -0.05) is 11.8 Å². The van der Waals surface area contributed by atoms with E-state index < -0.39 is 0 Å². The average molecular weight is 202 g/mol. The van der Waals surface area contributed by atoms with Crippen molar-refractivity contribution in [3.8, 4) is 0 Å². The van der Waals surface area contributed by atoms with Crippen LogP contribution in [0.15, 0.2) is 11.1 Å². The van der Waals surface area contributed by atoms with Crippen LogP contribution in [0.4, 0.5) is 11.8 Å². The Balaban J connectivity index is 2.72. The van der Waals surface area contributed by atoms with Crippen molar-refractivity contribution >= 4 is 35.3 Å². The average Bonchev–Trinajstić information content (AvgIpc) is 1.99. The summed E-state index contributed by atoms with van der Waals surface area (Å²) in [7, 11) is 0. The predicted octanol–water partition coefficient (Wildman–Crippen LogP) is 1.05. The Bertz CT molecular complexity index is 245. The molecule has 0 saturated heterocycles. The second-order valence-corrected chi connectivity index (χ2v) is 4.27. The summed E-state index contributed by atoms with van der Waals surface area (Å²) in [5.74, 6) is 0.657. The van der Waals surface area contributed by atoms with Gasteiger partial charge in [-0.15, -0.1) is 0 Å². The molecule has 0 amide bonds. The molecule has 1 rings (SSSR count). The van der Waals surface area contributed by atoms with Gasteiger partial charge in [0, 0.05) is 11.2 Å². The van der Waals surface area contributed by atoms with Gasteiger partial charge in [0.25, 0.3) is 0 Å². The van der Waals surface area contributed by atoms with Gasteiger partial charge in [0.2, 0.25) is 5.95 Å². The van der Waals surface area contributed by atoms with Gasteiger partial charge in [0.05, 0.1) is 0 Å². The molecular formula is C6H10N4S2. The molecule has 66 valence electrons. The summed E-state index contributed by atoms with van der Waals surface area (Å²) < 4.78 is 0. The molecule has 0 aliphatic carbocycles. The van der Waals surface area contributed by atoms with Crippen molar-refractivity contribution in [2.45, 2.75) is 5.03 Å². The van der Waals surface area contributed by atoms with Crippen LogP contribution in [0, 0.1) is 0 Å². The number of hydrogen-bond acceptors (Lipinski definition) is 6. The van der Waals surface area contributed by atoms with E-state index in [-0.39, 0.29) is 5.95 Å². The lowest BCUT2D eigenvalue weighted by molar-refractivity contribution is 1.08. The van der Waals surface area contributed by atoms with E-state index in [0.717, 1.165) is 10.1 Å². The fourth-order valence-corrected chi connectivity index (χ4v) is 1.97. The van der Waals surface area contributed by atoms with Crippen LogP contribution in [-0.2, 0) is 0 Å². The maximum atomic E-state index is 5.48. The zero-order valence-electron chi connectivity index (χ0n) is 6.65.